The summed E-state index contributed by atoms with van der Waals surface area (Å²) in [5.41, 5.74) is 5.20. The first-order valence-electron chi connectivity index (χ1n) is 12.4. The van der Waals surface area contributed by atoms with E-state index in [4.69, 9.17) is 0 Å². The largest absolute Gasteiger partial charge is 0.360 e. The number of hydrogen-bond acceptors (Lipinski definition) is 3. The molecule has 4 aromatic carbocycles. The molecule has 0 atom stereocenters. The maximum Gasteiger partial charge on any atom is 0.0606 e. The van der Waals surface area contributed by atoms with Crippen molar-refractivity contribution in [2.24, 2.45) is 0 Å². The van der Waals surface area contributed by atoms with Crippen LogP contribution in [-0.4, -0.2) is 9.97 Å². The van der Waals surface area contributed by atoms with Crippen LogP contribution in [-0.2, 0) is 13.1 Å². The Kier molecular flexibility index (Phi) is 6.30. The van der Waals surface area contributed by atoms with Crippen molar-refractivity contribution in [2.45, 2.75) is 13.1 Å². The molecule has 2 heterocycles. The fourth-order valence-electron chi connectivity index (χ4n) is 4.65. The van der Waals surface area contributed by atoms with Gasteiger partial charge in [0.05, 0.1) is 24.5 Å². The van der Waals surface area contributed by atoms with Gasteiger partial charge in [0, 0.05) is 29.2 Å². The quantitative estimate of drug-likeness (QED) is 0.192. The molecule has 0 fully saturated rings. The molecular weight excluding hydrogens is 450 g/mol. The highest BCUT2D eigenvalue weighted by Gasteiger charge is 2.10. The summed E-state index contributed by atoms with van der Waals surface area (Å²) in [4.78, 5) is 11.4. The van der Waals surface area contributed by atoms with E-state index in [9.17, 15) is 0 Å². The minimum atomic E-state index is 0.699. The molecule has 0 aliphatic rings. The molecule has 3 heteroatoms. The first kappa shape index (κ1) is 22.5. The number of anilines is 1. The van der Waals surface area contributed by atoms with Crippen LogP contribution in [0.25, 0.3) is 21.5 Å². The lowest BCUT2D eigenvalue weighted by Crippen LogP contribution is -2.23. The number of nitrogens with zero attached hydrogens (tertiary/aromatic N) is 3. The van der Waals surface area contributed by atoms with E-state index in [0.717, 1.165) is 28.2 Å². The SMILES string of the molecule is C(#Cc1c2ccccc2cc2ccccc12)c1ccc(N(Cc2ccccn2)Cc2ccccn2)cc1. The first-order chi connectivity index (χ1) is 18.3. The number of rotatable bonds is 5. The van der Waals surface area contributed by atoms with E-state index in [1.165, 1.54) is 21.5 Å². The monoisotopic (exact) mass is 475 g/mol. The van der Waals surface area contributed by atoms with E-state index in [-0.39, 0.29) is 0 Å². The zero-order valence-electron chi connectivity index (χ0n) is 20.4. The molecule has 0 amide bonds. The van der Waals surface area contributed by atoms with Crippen LogP contribution in [0.4, 0.5) is 5.69 Å². The summed E-state index contributed by atoms with van der Waals surface area (Å²) in [6.07, 6.45) is 3.67. The summed E-state index contributed by atoms with van der Waals surface area (Å²) in [6.45, 7) is 1.40. The van der Waals surface area contributed by atoms with Gasteiger partial charge < -0.3 is 4.90 Å². The molecule has 0 aliphatic carbocycles. The molecule has 0 bridgehead atoms. The lowest BCUT2D eigenvalue weighted by atomic mass is 9.97. The zero-order valence-corrected chi connectivity index (χ0v) is 20.4. The van der Waals surface area contributed by atoms with E-state index in [2.05, 4.69) is 118 Å². The van der Waals surface area contributed by atoms with Gasteiger partial charge in [0.1, 0.15) is 0 Å². The maximum absolute atomic E-state index is 4.53. The summed E-state index contributed by atoms with van der Waals surface area (Å²) in [6, 6.07) is 39.7. The molecule has 176 valence electrons. The van der Waals surface area contributed by atoms with Crippen molar-refractivity contribution in [2.75, 3.05) is 4.90 Å². The van der Waals surface area contributed by atoms with Crippen LogP contribution in [0.5, 0.6) is 0 Å². The molecule has 0 saturated carbocycles. The van der Waals surface area contributed by atoms with E-state index in [1.54, 1.807) is 0 Å². The Labute approximate surface area is 217 Å². The predicted molar refractivity (Wildman–Crippen MR) is 152 cm³/mol. The molecule has 6 rings (SSSR count). The second-order valence-electron chi connectivity index (χ2n) is 8.99. The van der Waals surface area contributed by atoms with Crippen LogP contribution < -0.4 is 4.90 Å². The van der Waals surface area contributed by atoms with E-state index in [1.807, 2.05) is 36.7 Å². The third-order valence-electron chi connectivity index (χ3n) is 6.49. The smallest absolute Gasteiger partial charge is 0.0606 e. The van der Waals surface area contributed by atoms with Crippen molar-refractivity contribution in [3.8, 4) is 11.8 Å². The Morgan fingerprint density at radius 1 is 0.541 bits per heavy atom. The molecular formula is C34H25N3. The Bertz CT molecular complexity index is 1620. The van der Waals surface area contributed by atoms with Gasteiger partial charge in [0.15, 0.2) is 0 Å². The maximum atomic E-state index is 4.53. The average molecular weight is 476 g/mol. The molecule has 0 aliphatic heterocycles. The van der Waals surface area contributed by atoms with Crippen LogP contribution >= 0.6 is 0 Å². The fourth-order valence-corrected chi connectivity index (χ4v) is 4.65. The third-order valence-corrected chi connectivity index (χ3v) is 6.49. The Morgan fingerprint density at radius 3 is 1.62 bits per heavy atom. The van der Waals surface area contributed by atoms with Crippen molar-refractivity contribution < 1.29 is 0 Å². The van der Waals surface area contributed by atoms with Crippen molar-refractivity contribution in [1.82, 2.24) is 9.97 Å². The minimum absolute atomic E-state index is 0.699. The highest BCUT2D eigenvalue weighted by molar-refractivity contribution is 6.04. The molecule has 0 radical (unpaired) electrons. The Hall–Kier alpha value is -4.94. The van der Waals surface area contributed by atoms with Crippen LogP contribution in [0.1, 0.15) is 22.5 Å². The topological polar surface area (TPSA) is 29.0 Å². The van der Waals surface area contributed by atoms with Crippen molar-refractivity contribution in [1.29, 1.82) is 0 Å². The molecule has 37 heavy (non-hydrogen) atoms. The molecule has 3 nitrogen and oxygen atoms in total. The standard InChI is InChI=1S/C34H25N3/c1-3-13-32-27(9-1)23-28-10-2-4-14-33(28)34(32)20-17-26-15-18-31(19-16-26)37(24-29-11-5-7-21-35-29)25-30-12-6-8-22-36-30/h1-16,18-19,21-23H,24-25H2. The summed E-state index contributed by atoms with van der Waals surface area (Å²) in [7, 11) is 0. The molecule has 0 unspecified atom stereocenters. The fraction of sp³-hybridized carbons (Fsp3) is 0.0588. The Morgan fingerprint density at radius 2 is 1.08 bits per heavy atom. The molecule has 6 aromatic rings. The highest BCUT2D eigenvalue weighted by Crippen LogP contribution is 2.28. The summed E-state index contributed by atoms with van der Waals surface area (Å²) in [5, 5.41) is 4.78. The number of aromatic nitrogens is 2. The van der Waals surface area contributed by atoms with Crippen LogP contribution in [0.2, 0.25) is 0 Å². The Balaban J connectivity index is 1.33. The summed E-state index contributed by atoms with van der Waals surface area (Å²) in [5.74, 6) is 6.91. The van der Waals surface area contributed by atoms with E-state index >= 15 is 0 Å². The first-order valence-corrected chi connectivity index (χ1v) is 12.4. The van der Waals surface area contributed by atoms with E-state index < -0.39 is 0 Å². The minimum Gasteiger partial charge on any atom is -0.360 e. The summed E-state index contributed by atoms with van der Waals surface area (Å²) < 4.78 is 0. The van der Waals surface area contributed by atoms with Crippen molar-refractivity contribution in [3.05, 3.63) is 150 Å². The average Bonchev–Trinajstić information content (AvgIpc) is 2.96. The van der Waals surface area contributed by atoms with Crippen LogP contribution in [0.3, 0.4) is 0 Å². The van der Waals surface area contributed by atoms with Gasteiger partial charge in [-0.15, -0.1) is 0 Å². The molecule has 0 N–H and O–H groups in total. The van der Waals surface area contributed by atoms with E-state index in [0.29, 0.717) is 13.1 Å². The second-order valence-corrected chi connectivity index (χ2v) is 8.99. The van der Waals surface area contributed by atoms with Crippen LogP contribution in [0, 0.1) is 11.8 Å². The van der Waals surface area contributed by atoms with Gasteiger partial charge in [-0.2, -0.15) is 0 Å². The molecule has 0 spiro atoms. The van der Waals surface area contributed by atoms with Gasteiger partial charge in [0.25, 0.3) is 0 Å². The van der Waals surface area contributed by atoms with Gasteiger partial charge in [-0.25, -0.2) is 0 Å². The number of pyridine rings is 2. The van der Waals surface area contributed by atoms with Gasteiger partial charge >= 0.3 is 0 Å². The highest BCUT2D eigenvalue weighted by atomic mass is 15.1. The number of fused-ring (bicyclic) bond motifs is 2. The zero-order chi connectivity index (χ0) is 24.9. The predicted octanol–water partition coefficient (Wildman–Crippen LogP) is 7.39. The second kappa shape index (κ2) is 10.4. The van der Waals surface area contributed by atoms with Gasteiger partial charge in [0.2, 0.25) is 0 Å². The normalized spacial score (nSPS) is 10.7. The number of hydrogen-bond donors (Lipinski definition) is 0. The van der Waals surface area contributed by atoms with Crippen molar-refractivity contribution in [3.63, 3.8) is 0 Å². The lowest BCUT2D eigenvalue weighted by Gasteiger charge is -2.24. The van der Waals surface area contributed by atoms with Crippen molar-refractivity contribution >= 4 is 27.2 Å². The number of benzene rings is 4. The lowest BCUT2D eigenvalue weighted by molar-refractivity contribution is 0.765. The molecule has 0 saturated heterocycles. The van der Waals surface area contributed by atoms with Crippen LogP contribution in [0.15, 0.2) is 128 Å². The van der Waals surface area contributed by atoms with Gasteiger partial charge in [-0.05, 0) is 76.1 Å². The molecule has 2 aromatic heterocycles. The summed E-state index contributed by atoms with van der Waals surface area (Å²) >= 11 is 0. The third kappa shape index (κ3) is 5.05. The van der Waals surface area contributed by atoms with Gasteiger partial charge in [-0.3, -0.25) is 9.97 Å². The van der Waals surface area contributed by atoms with Gasteiger partial charge in [-0.1, -0.05) is 72.5 Å².